The van der Waals surface area contributed by atoms with Crippen LogP contribution in [-0.2, 0) is 11.2 Å². The van der Waals surface area contributed by atoms with Crippen molar-refractivity contribution < 1.29 is 4.79 Å². The molecule has 7 heteroatoms. The minimum atomic E-state index is -0.0439. The molecule has 0 aliphatic carbocycles. The minimum absolute atomic E-state index is 0.0439. The Bertz CT molecular complexity index is 346. The summed E-state index contributed by atoms with van der Waals surface area (Å²) in [5.74, 6) is 0.391. The first-order chi connectivity index (χ1) is 8.84. The molecule has 7 nitrogen and oxygen atoms in total. The van der Waals surface area contributed by atoms with Crippen LogP contribution in [0.25, 0.3) is 0 Å². The van der Waals surface area contributed by atoms with Crippen molar-refractivity contribution in [3.63, 3.8) is 0 Å². The summed E-state index contributed by atoms with van der Waals surface area (Å²) >= 11 is 0. The maximum atomic E-state index is 11.5. The molecule has 2 heterocycles. The molecule has 1 aliphatic heterocycles. The summed E-state index contributed by atoms with van der Waals surface area (Å²) in [6.07, 6.45) is 5.03. The number of tetrazole rings is 1. The Labute approximate surface area is 106 Å². The number of rotatable bonds is 7. The topological polar surface area (TPSA) is 86.8 Å². The van der Waals surface area contributed by atoms with E-state index < -0.39 is 0 Å². The van der Waals surface area contributed by atoms with Crippen molar-refractivity contribution in [1.82, 2.24) is 30.8 Å². The van der Waals surface area contributed by atoms with E-state index in [4.69, 9.17) is 0 Å². The molecule has 0 radical (unpaired) electrons. The van der Waals surface area contributed by atoms with Gasteiger partial charge in [0.15, 0.2) is 5.82 Å². The SMILES string of the molecule is O=C(Cc1nn[nH]n1)NCCCCN1CCCC1. The molecule has 1 aliphatic rings. The van der Waals surface area contributed by atoms with Crippen LogP contribution in [0.3, 0.4) is 0 Å². The van der Waals surface area contributed by atoms with E-state index in [1.165, 1.54) is 25.9 Å². The number of hydrogen-bond acceptors (Lipinski definition) is 5. The molecule has 1 fully saturated rings. The fraction of sp³-hybridized carbons (Fsp3) is 0.818. The van der Waals surface area contributed by atoms with Crippen LogP contribution in [0.15, 0.2) is 0 Å². The number of H-pyrrole nitrogens is 1. The van der Waals surface area contributed by atoms with E-state index >= 15 is 0 Å². The number of amides is 1. The zero-order chi connectivity index (χ0) is 12.6. The van der Waals surface area contributed by atoms with Gasteiger partial charge < -0.3 is 10.2 Å². The van der Waals surface area contributed by atoms with E-state index in [0.29, 0.717) is 5.82 Å². The van der Waals surface area contributed by atoms with E-state index in [2.05, 4.69) is 30.8 Å². The van der Waals surface area contributed by atoms with Gasteiger partial charge in [-0.2, -0.15) is 5.21 Å². The fourth-order valence-electron chi connectivity index (χ4n) is 2.16. The number of likely N-dealkylation sites (tertiary alicyclic amines) is 1. The lowest BCUT2D eigenvalue weighted by atomic mass is 10.3. The third-order valence-electron chi connectivity index (χ3n) is 3.13. The van der Waals surface area contributed by atoms with Crippen LogP contribution in [0.4, 0.5) is 0 Å². The zero-order valence-corrected chi connectivity index (χ0v) is 10.6. The molecule has 1 amide bonds. The van der Waals surface area contributed by atoms with Crippen molar-refractivity contribution in [2.75, 3.05) is 26.2 Å². The third-order valence-corrected chi connectivity index (χ3v) is 3.13. The fourth-order valence-corrected chi connectivity index (χ4v) is 2.16. The van der Waals surface area contributed by atoms with E-state index in [1.807, 2.05) is 0 Å². The van der Waals surface area contributed by atoms with Gasteiger partial charge in [-0.1, -0.05) is 5.21 Å². The molecule has 18 heavy (non-hydrogen) atoms. The van der Waals surface area contributed by atoms with Gasteiger partial charge >= 0.3 is 0 Å². The van der Waals surface area contributed by atoms with E-state index in [9.17, 15) is 4.79 Å². The highest BCUT2D eigenvalue weighted by Crippen LogP contribution is 2.07. The van der Waals surface area contributed by atoms with Crippen molar-refractivity contribution >= 4 is 5.91 Å². The van der Waals surface area contributed by atoms with Gasteiger partial charge in [-0.05, 0) is 45.3 Å². The minimum Gasteiger partial charge on any atom is -0.356 e. The molecule has 2 N–H and O–H groups in total. The smallest absolute Gasteiger partial charge is 0.227 e. The first kappa shape index (κ1) is 12.9. The van der Waals surface area contributed by atoms with Crippen molar-refractivity contribution in [3.8, 4) is 0 Å². The number of hydrogen-bond donors (Lipinski definition) is 2. The van der Waals surface area contributed by atoms with Crippen LogP contribution in [0, 0.1) is 0 Å². The molecule has 1 aromatic rings. The van der Waals surface area contributed by atoms with Crippen molar-refractivity contribution in [3.05, 3.63) is 5.82 Å². The van der Waals surface area contributed by atoms with Crippen molar-refractivity contribution in [2.24, 2.45) is 0 Å². The Morgan fingerprint density at radius 3 is 2.89 bits per heavy atom. The highest BCUT2D eigenvalue weighted by atomic mass is 16.1. The van der Waals surface area contributed by atoms with E-state index in [0.717, 1.165) is 25.9 Å². The van der Waals surface area contributed by atoms with Gasteiger partial charge in [-0.25, -0.2) is 0 Å². The van der Waals surface area contributed by atoms with Crippen LogP contribution in [0.5, 0.6) is 0 Å². The number of carbonyl (C=O) groups excluding carboxylic acids is 1. The van der Waals surface area contributed by atoms with Gasteiger partial charge in [0.2, 0.25) is 5.91 Å². The summed E-state index contributed by atoms with van der Waals surface area (Å²) in [7, 11) is 0. The summed E-state index contributed by atoms with van der Waals surface area (Å²) in [6, 6.07) is 0. The average Bonchev–Trinajstić information content (AvgIpc) is 3.01. The second kappa shape index (κ2) is 7.05. The Hall–Kier alpha value is -1.50. The molecule has 0 atom stereocenters. The monoisotopic (exact) mass is 252 g/mol. The lowest BCUT2D eigenvalue weighted by Crippen LogP contribution is -2.27. The summed E-state index contributed by atoms with van der Waals surface area (Å²) in [5.41, 5.74) is 0. The van der Waals surface area contributed by atoms with E-state index in [1.54, 1.807) is 0 Å². The number of aromatic nitrogens is 4. The average molecular weight is 252 g/mol. The largest absolute Gasteiger partial charge is 0.356 e. The molecule has 100 valence electrons. The zero-order valence-electron chi connectivity index (χ0n) is 10.6. The van der Waals surface area contributed by atoms with Crippen LogP contribution in [-0.4, -0.2) is 57.6 Å². The predicted octanol–water partition coefficient (Wildman–Crippen LogP) is -0.266. The second-order valence-electron chi connectivity index (χ2n) is 4.61. The van der Waals surface area contributed by atoms with Gasteiger partial charge in [0.25, 0.3) is 0 Å². The summed E-state index contributed by atoms with van der Waals surface area (Å²) < 4.78 is 0. The molecular weight excluding hydrogens is 232 g/mol. The third kappa shape index (κ3) is 4.40. The summed E-state index contributed by atoms with van der Waals surface area (Å²) in [4.78, 5) is 14.0. The van der Waals surface area contributed by atoms with Crippen molar-refractivity contribution in [1.29, 1.82) is 0 Å². The Kier molecular flexibility index (Phi) is 5.07. The maximum Gasteiger partial charge on any atom is 0.227 e. The van der Waals surface area contributed by atoms with Gasteiger partial charge in [0.05, 0.1) is 6.42 Å². The molecule has 0 saturated carbocycles. The van der Waals surface area contributed by atoms with Crippen LogP contribution < -0.4 is 5.32 Å². The Balaban J connectivity index is 1.48. The number of carbonyl (C=O) groups is 1. The highest BCUT2D eigenvalue weighted by Gasteiger charge is 2.10. The van der Waals surface area contributed by atoms with Gasteiger partial charge in [0, 0.05) is 6.54 Å². The number of unbranched alkanes of at least 4 members (excludes halogenated alkanes) is 1. The first-order valence-electron chi connectivity index (χ1n) is 6.56. The molecule has 1 saturated heterocycles. The highest BCUT2D eigenvalue weighted by molar-refractivity contribution is 5.77. The van der Waals surface area contributed by atoms with E-state index in [-0.39, 0.29) is 12.3 Å². The number of aromatic amines is 1. The normalized spacial score (nSPS) is 16.0. The number of nitrogens with one attached hydrogen (secondary N) is 2. The maximum absolute atomic E-state index is 11.5. The quantitative estimate of drug-likeness (QED) is 0.653. The van der Waals surface area contributed by atoms with Gasteiger partial charge in [0.1, 0.15) is 0 Å². The Morgan fingerprint density at radius 2 is 2.17 bits per heavy atom. The molecule has 0 bridgehead atoms. The second-order valence-corrected chi connectivity index (χ2v) is 4.61. The molecule has 0 spiro atoms. The first-order valence-corrected chi connectivity index (χ1v) is 6.56. The molecule has 1 aromatic heterocycles. The summed E-state index contributed by atoms with van der Waals surface area (Å²) in [5, 5.41) is 16.1. The molecule has 0 aromatic carbocycles. The summed E-state index contributed by atoms with van der Waals surface area (Å²) in [6.45, 7) is 4.36. The van der Waals surface area contributed by atoms with Crippen LogP contribution in [0.2, 0.25) is 0 Å². The Morgan fingerprint density at radius 1 is 1.33 bits per heavy atom. The predicted molar refractivity (Wildman–Crippen MR) is 65.8 cm³/mol. The van der Waals surface area contributed by atoms with Gasteiger partial charge in [-0.3, -0.25) is 4.79 Å². The molecular formula is C11H20N6O. The number of nitrogens with zero attached hydrogens (tertiary/aromatic N) is 4. The van der Waals surface area contributed by atoms with Crippen molar-refractivity contribution in [2.45, 2.75) is 32.1 Å². The lowest BCUT2D eigenvalue weighted by molar-refractivity contribution is -0.120. The lowest BCUT2D eigenvalue weighted by Gasteiger charge is -2.13. The van der Waals surface area contributed by atoms with Gasteiger partial charge in [-0.15, -0.1) is 10.2 Å². The van der Waals surface area contributed by atoms with Crippen LogP contribution >= 0.6 is 0 Å². The molecule has 2 rings (SSSR count). The molecule has 0 unspecified atom stereocenters. The van der Waals surface area contributed by atoms with Crippen LogP contribution in [0.1, 0.15) is 31.5 Å². The standard InChI is InChI=1S/C11H20N6O/c18-11(9-10-13-15-16-14-10)12-5-1-2-6-17-7-3-4-8-17/h1-9H2,(H,12,18)(H,13,14,15,16).